The Morgan fingerprint density at radius 3 is 2.50 bits per heavy atom. The fourth-order valence-electron chi connectivity index (χ4n) is 1.08. The highest BCUT2D eigenvalue weighted by Gasteiger charge is 2.04. The molecule has 0 heterocycles. The number of hydrogen-bond donors (Lipinski definition) is 0. The molecule has 0 aliphatic heterocycles. The van der Waals surface area contributed by atoms with Gasteiger partial charge >= 0.3 is 0 Å². The summed E-state index contributed by atoms with van der Waals surface area (Å²) in [4.78, 5) is 10.8. The van der Waals surface area contributed by atoms with E-state index in [9.17, 15) is 4.79 Å². The van der Waals surface area contributed by atoms with Gasteiger partial charge in [0.15, 0.2) is 6.29 Å². The van der Waals surface area contributed by atoms with Crippen molar-refractivity contribution in [3.05, 3.63) is 23.8 Å². The Balaban J connectivity index is 2.85. The number of benzene rings is 1. The summed E-state index contributed by atoms with van der Waals surface area (Å²) in [5, 5.41) is 0. The summed E-state index contributed by atoms with van der Waals surface area (Å²) in [6.45, 7) is 0.272. The van der Waals surface area contributed by atoms with Gasteiger partial charge in [0, 0.05) is 0 Å². The first-order chi connectivity index (χ1) is 7.81. The van der Waals surface area contributed by atoms with Crippen molar-refractivity contribution in [3.8, 4) is 36.2 Å². The van der Waals surface area contributed by atoms with Gasteiger partial charge in [-0.1, -0.05) is 11.8 Å². The SMILES string of the molecule is C#CCOc1ccc(OCC#C)c(C=O)c1. The smallest absolute Gasteiger partial charge is 0.153 e. The zero-order valence-corrected chi connectivity index (χ0v) is 8.60. The average molecular weight is 214 g/mol. The Morgan fingerprint density at radius 2 is 1.88 bits per heavy atom. The molecule has 0 saturated carbocycles. The average Bonchev–Trinajstić information content (AvgIpc) is 2.34. The molecule has 0 saturated heterocycles. The molecule has 0 spiro atoms. The number of terminal acetylenes is 2. The molecule has 0 aliphatic carbocycles. The lowest BCUT2D eigenvalue weighted by Gasteiger charge is -2.07. The lowest BCUT2D eigenvalue weighted by molar-refractivity contribution is 0.111. The van der Waals surface area contributed by atoms with Crippen LogP contribution in [0.25, 0.3) is 0 Å². The lowest BCUT2D eigenvalue weighted by atomic mass is 10.2. The molecular formula is C13H10O3. The molecule has 1 rings (SSSR count). The molecule has 0 unspecified atom stereocenters. The highest BCUT2D eigenvalue weighted by atomic mass is 16.5. The van der Waals surface area contributed by atoms with Gasteiger partial charge in [0.05, 0.1) is 5.56 Å². The van der Waals surface area contributed by atoms with Crippen molar-refractivity contribution in [3.63, 3.8) is 0 Å². The van der Waals surface area contributed by atoms with Crippen LogP contribution in [0.5, 0.6) is 11.5 Å². The number of rotatable bonds is 5. The first-order valence-electron chi connectivity index (χ1n) is 4.53. The molecule has 0 atom stereocenters. The molecule has 3 nitrogen and oxygen atoms in total. The van der Waals surface area contributed by atoms with Crippen LogP contribution in [0.3, 0.4) is 0 Å². The van der Waals surface area contributed by atoms with E-state index in [4.69, 9.17) is 22.3 Å². The van der Waals surface area contributed by atoms with Crippen LogP contribution in [-0.2, 0) is 0 Å². The summed E-state index contributed by atoms with van der Waals surface area (Å²) in [5.41, 5.74) is 0.379. The highest BCUT2D eigenvalue weighted by molar-refractivity contribution is 5.80. The molecule has 0 bridgehead atoms. The first kappa shape index (κ1) is 11.7. The van der Waals surface area contributed by atoms with Crippen molar-refractivity contribution < 1.29 is 14.3 Å². The van der Waals surface area contributed by atoms with Crippen molar-refractivity contribution in [1.82, 2.24) is 0 Å². The molecule has 0 radical (unpaired) electrons. The summed E-state index contributed by atoms with van der Waals surface area (Å²) in [6.07, 6.45) is 10.8. The number of aldehydes is 1. The van der Waals surface area contributed by atoms with E-state index in [1.165, 1.54) is 0 Å². The van der Waals surface area contributed by atoms with E-state index in [1.807, 2.05) is 0 Å². The second kappa shape index (κ2) is 6.16. The Bertz CT molecular complexity index is 449. The van der Waals surface area contributed by atoms with E-state index in [-0.39, 0.29) is 13.2 Å². The number of carbonyl (C=O) groups is 1. The fraction of sp³-hybridized carbons (Fsp3) is 0.154. The maximum Gasteiger partial charge on any atom is 0.153 e. The van der Waals surface area contributed by atoms with Gasteiger partial charge in [-0.05, 0) is 18.2 Å². The van der Waals surface area contributed by atoms with E-state index in [1.54, 1.807) is 18.2 Å². The monoisotopic (exact) mass is 214 g/mol. The van der Waals surface area contributed by atoms with E-state index in [0.717, 1.165) is 0 Å². The quantitative estimate of drug-likeness (QED) is 0.550. The van der Waals surface area contributed by atoms with Crippen molar-refractivity contribution >= 4 is 6.29 Å². The first-order valence-corrected chi connectivity index (χ1v) is 4.53. The van der Waals surface area contributed by atoms with Crippen LogP contribution in [0, 0.1) is 24.7 Å². The number of ether oxygens (including phenoxy) is 2. The standard InChI is InChI=1S/C13H10O3/c1-3-7-15-12-5-6-13(16-8-4-2)11(9-12)10-14/h1-2,5-6,9-10H,7-8H2. The largest absolute Gasteiger partial charge is 0.481 e. The third-order valence-electron chi connectivity index (χ3n) is 1.74. The normalized spacial score (nSPS) is 8.62. The fourth-order valence-corrected chi connectivity index (χ4v) is 1.08. The van der Waals surface area contributed by atoms with Crippen LogP contribution in [0.2, 0.25) is 0 Å². The zero-order valence-electron chi connectivity index (χ0n) is 8.60. The molecular weight excluding hydrogens is 204 g/mol. The lowest BCUT2D eigenvalue weighted by Crippen LogP contribution is -1.99. The summed E-state index contributed by atoms with van der Waals surface area (Å²) in [7, 11) is 0. The van der Waals surface area contributed by atoms with Crippen LogP contribution >= 0.6 is 0 Å². The maximum absolute atomic E-state index is 10.8. The predicted molar refractivity (Wildman–Crippen MR) is 60.5 cm³/mol. The molecule has 0 aromatic heterocycles. The topological polar surface area (TPSA) is 35.5 Å². The Kier molecular flexibility index (Phi) is 4.50. The second-order valence-corrected chi connectivity index (χ2v) is 2.80. The van der Waals surface area contributed by atoms with Gasteiger partial charge in [0.25, 0.3) is 0 Å². The van der Waals surface area contributed by atoms with Crippen molar-refractivity contribution in [2.75, 3.05) is 13.2 Å². The predicted octanol–water partition coefficient (Wildman–Crippen LogP) is 1.52. The zero-order chi connectivity index (χ0) is 11.8. The van der Waals surface area contributed by atoms with Crippen LogP contribution in [0.4, 0.5) is 0 Å². The van der Waals surface area contributed by atoms with Crippen LogP contribution in [-0.4, -0.2) is 19.5 Å². The molecule has 3 heteroatoms. The van der Waals surface area contributed by atoms with E-state index in [0.29, 0.717) is 23.3 Å². The maximum atomic E-state index is 10.8. The van der Waals surface area contributed by atoms with Crippen molar-refractivity contribution in [2.24, 2.45) is 0 Å². The molecule has 0 fully saturated rings. The summed E-state index contributed by atoms with van der Waals surface area (Å²) >= 11 is 0. The van der Waals surface area contributed by atoms with Crippen LogP contribution in [0.15, 0.2) is 18.2 Å². The summed E-state index contributed by atoms with van der Waals surface area (Å²) in [5.74, 6) is 5.61. The minimum atomic E-state index is 0.116. The second-order valence-electron chi connectivity index (χ2n) is 2.80. The number of hydrogen-bond acceptors (Lipinski definition) is 3. The minimum absolute atomic E-state index is 0.116. The third kappa shape index (κ3) is 3.08. The molecule has 0 N–H and O–H groups in total. The Labute approximate surface area is 94.4 Å². The Morgan fingerprint density at radius 1 is 1.19 bits per heavy atom. The van der Waals surface area contributed by atoms with Crippen LogP contribution in [0.1, 0.15) is 10.4 Å². The highest BCUT2D eigenvalue weighted by Crippen LogP contribution is 2.22. The van der Waals surface area contributed by atoms with Crippen molar-refractivity contribution in [1.29, 1.82) is 0 Å². The van der Waals surface area contributed by atoms with Gasteiger partial charge in [-0.2, -0.15) is 0 Å². The van der Waals surface area contributed by atoms with Gasteiger partial charge in [-0.3, -0.25) is 4.79 Å². The van der Waals surface area contributed by atoms with Gasteiger partial charge in [0.2, 0.25) is 0 Å². The minimum Gasteiger partial charge on any atom is -0.481 e. The van der Waals surface area contributed by atoms with Gasteiger partial charge in [-0.25, -0.2) is 0 Å². The van der Waals surface area contributed by atoms with Crippen LogP contribution < -0.4 is 9.47 Å². The molecule has 0 amide bonds. The molecule has 0 aliphatic rings. The molecule has 1 aromatic rings. The number of carbonyl (C=O) groups excluding carboxylic acids is 1. The third-order valence-corrected chi connectivity index (χ3v) is 1.74. The summed E-state index contributed by atoms with van der Waals surface area (Å²) < 4.78 is 10.3. The van der Waals surface area contributed by atoms with Gasteiger partial charge in [-0.15, -0.1) is 12.8 Å². The summed E-state index contributed by atoms with van der Waals surface area (Å²) in [6, 6.07) is 4.83. The molecule has 80 valence electrons. The molecule has 1 aromatic carbocycles. The van der Waals surface area contributed by atoms with E-state index in [2.05, 4.69) is 11.8 Å². The van der Waals surface area contributed by atoms with E-state index < -0.39 is 0 Å². The van der Waals surface area contributed by atoms with Gasteiger partial charge in [0.1, 0.15) is 24.7 Å². The van der Waals surface area contributed by atoms with Gasteiger partial charge < -0.3 is 9.47 Å². The van der Waals surface area contributed by atoms with E-state index >= 15 is 0 Å². The Hall–Kier alpha value is -2.39. The molecule has 16 heavy (non-hydrogen) atoms. The van der Waals surface area contributed by atoms with Crippen molar-refractivity contribution in [2.45, 2.75) is 0 Å².